The Kier molecular flexibility index (Phi) is 4.62. The second kappa shape index (κ2) is 6.74. The van der Waals surface area contributed by atoms with Crippen molar-refractivity contribution in [1.29, 1.82) is 0 Å². The first kappa shape index (κ1) is 17.8. The number of aliphatic carboxylic acids is 1. The summed E-state index contributed by atoms with van der Waals surface area (Å²) >= 11 is 0. The van der Waals surface area contributed by atoms with Crippen molar-refractivity contribution in [2.45, 2.75) is 18.4 Å². The number of carboxylic acid groups (broad SMARTS) is 1. The van der Waals surface area contributed by atoms with Gasteiger partial charge in [0.05, 0.1) is 4.90 Å². The number of sulfonamides is 1. The van der Waals surface area contributed by atoms with Crippen LogP contribution in [0.25, 0.3) is 22.4 Å². The second-order valence-electron chi connectivity index (χ2n) is 5.92. The first-order chi connectivity index (χ1) is 12.2. The molecule has 7 nitrogen and oxygen atoms in total. The average Bonchev–Trinajstić information content (AvgIpc) is 2.98. The normalized spacial score (nSPS) is 11.5. The largest absolute Gasteiger partial charge is 0.480 e. The van der Waals surface area contributed by atoms with Gasteiger partial charge in [-0.1, -0.05) is 42.0 Å². The number of aryl methyl sites for hydroxylation is 1. The number of rotatable bonds is 5. The van der Waals surface area contributed by atoms with Gasteiger partial charge in [0.25, 0.3) is 0 Å². The molecular weight excluding hydrogens is 354 g/mol. The van der Waals surface area contributed by atoms with Crippen LogP contribution in [0.2, 0.25) is 0 Å². The maximum atomic E-state index is 11.4. The molecule has 0 fully saturated rings. The molecule has 0 aliphatic rings. The minimum atomic E-state index is -3.78. The molecular formula is C18H17N3O4S. The quantitative estimate of drug-likeness (QED) is 0.714. The Bertz CT molecular complexity index is 1050. The van der Waals surface area contributed by atoms with E-state index in [0.29, 0.717) is 11.3 Å². The maximum Gasteiger partial charge on any atom is 0.325 e. The van der Waals surface area contributed by atoms with Crippen LogP contribution >= 0.6 is 0 Å². The molecule has 0 aliphatic carbocycles. The molecule has 3 rings (SSSR count). The van der Waals surface area contributed by atoms with Crippen molar-refractivity contribution in [3.63, 3.8) is 0 Å². The number of primary sulfonamides is 1. The topological polar surface area (TPSA) is 115 Å². The summed E-state index contributed by atoms with van der Waals surface area (Å²) in [5.41, 5.74) is 3.98. The summed E-state index contributed by atoms with van der Waals surface area (Å²) in [4.78, 5) is 11.0. The Morgan fingerprint density at radius 1 is 1.08 bits per heavy atom. The predicted octanol–water partition coefficient (Wildman–Crippen LogP) is 2.26. The summed E-state index contributed by atoms with van der Waals surface area (Å²) in [6.07, 6.45) is 1.67. The summed E-state index contributed by atoms with van der Waals surface area (Å²) in [5.74, 6) is -1.00. The SMILES string of the molecule is Cc1ccc(-c2cn(CC(=O)O)nc2-c2ccc(S(N)(=O)=O)cc2)cc1. The van der Waals surface area contributed by atoms with Gasteiger partial charge in [0, 0.05) is 17.3 Å². The first-order valence-electron chi connectivity index (χ1n) is 7.73. The van der Waals surface area contributed by atoms with Crippen molar-refractivity contribution < 1.29 is 18.3 Å². The zero-order chi connectivity index (χ0) is 18.9. The van der Waals surface area contributed by atoms with Crippen LogP contribution in [-0.2, 0) is 21.4 Å². The molecule has 0 radical (unpaired) electrons. The van der Waals surface area contributed by atoms with E-state index in [0.717, 1.165) is 16.7 Å². The van der Waals surface area contributed by atoms with E-state index in [1.807, 2.05) is 31.2 Å². The van der Waals surface area contributed by atoms with Crippen LogP contribution in [-0.4, -0.2) is 29.3 Å². The molecule has 0 bridgehead atoms. The summed E-state index contributed by atoms with van der Waals surface area (Å²) < 4.78 is 24.2. The van der Waals surface area contributed by atoms with Crippen LogP contribution in [0.15, 0.2) is 59.6 Å². The van der Waals surface area contributed by atoms with Crippen molar-refractivity contribution in [2.75, 3.05) is 0 Å². The third-order valence-corrected chi connectivity index (χ3v) is 4.81. The van der Waals surface area contributed by atoms with Gasteiger partial charge >= 0.3 is 5.97 Å². The Morgan fingerprint density at radius 2 is 1.65 bits per heavy atom. The van der Waals surface area contributed by atoms with Crippen LogP contribution in [0.1, 0.15) is 5.56 Å². The van der Waals surface area contributed by atoms with E-state index in [1.54, 1.807) is 18.3 Å². The zero-order valence-corrected chi connectivity index (χ0v) is 14.8. The average molecular weight is 371 g/mol. The Morgan fingerprint density at radius 3 is 2.19 bits per heavy atom. The van der Waals surface area contributed by atoms with E-state index in [4.69, 9.17) is 10.2 Å². The van der Waals surface area contributed by atoms with Gasteiger partial charge in [-0.25, -0.2) is 13.6 Å². The molecule has 0 saturated carbocycles. The van der Waals surface area contributed by atoms with Gasteiger partial charge in [-0.3, -0.25) is 9.48 Å². The highest BCUT2D eigenvalue weighted by atomic mass is 32.2. The van der Waals surface area contributed by atoms with Gasteiger partial charge in [0.1, 0.15) is 12.2 Å². The van der Waals surface area contributed by atoms with Gasteiger partial charge in [-0.2, -0.15) is 5.10 Å². The van der Waals surface area contributed by atoms with E-state index < -0.39 is 16.0 Å². The van der Waals surface area contributed by atoms with Gasteiger partial charge in [0.2, 0.25) is 10.0 Å². The molecule has 8 heteroatoms. The first-order valence-corrected chi connectivity index (χ1v) is 9.28. The fourth-order valence-corrected chi connectivity index (χ4v) is 3.12. The summed E-state index contributed by atoms with van der Waals surface area (Å²) in [6, 6.07) is 13.8. The van der Waals surface area contributed by atoms with Crippen molar-refractivity contribution in [1.82, 2.24) is 9.78 Å². The molecule has 0 saturated heterocycles. The standard InChI is InChI=1S/C18H17N3O4S/c1-12-2-4-13(5-3-12)16-10-21(11-17(22)23)20-18(16)14-6-8-15(9-7-14)26(19,24)25/h2-10H,11H2,1H3,(H,22,23)(H2,19,24,25). The van der Waals surface area contributed by atoms with E-state index >= 15 is 0 Å². The molecule has 0 unspecified atom stereocenters. The maximum absolute atomic E-state index is 11.4. The summed E-state index contributed by atoms with van der Waals surface area (Å²) in [5, 5.41) is 18.5. The minimum Gasteiger partial charge on any atom is -0.480 e. The highest BCUT2D eigenvalue weighted by molar-refractivity contribution is 7.89. The van der Waals surface area contributed by atoms with Gasteiger partial charge in [-0.15, -0.1) is 0 Å². The molecule has 0 atom stereocenters. The van der Waals surface area contributed by atoms with Gasteiger partial charge in [-0.05, 0) is 24.6 Å². The molecule has 0 spiro atoms. The van der Waals surface area contributed by atoms with Crippen LogP contribution in [0.4, 0.5) is 0 Å². The van der Waals surface area contributed by atoms with Crippen LogP contribution < -0.4 is 5.14 Å². The lowest BCUT2D eigenvalue weighted by molar-refractivity contribution is -0.137. The highest BCUT2D eigenvalue weighted by Gasteiger charge is 2.16. The summed E-state index contributed by atoms with van der Waals surface area (Å²) in [6.45, 7) is 1.71. The molecule has 134 valence electrons. The predicted molar refractivity (Wildman–Crippen MR) is 96.8 cm³/mol. The smallest absolute Gasteiger partial charge is 0.325 e. The Balaban J connectivity index is 2.11. The second-order valence-corrected chi connectivity index (χ2v) is 7.48. The zero-order valence-electron chi connectivity index (χ0n) is 14.0. The van der Waals surface area contributed by atoms with E-state index in [9.17, 15) is 13.2 Å². The molecule has 1 aromatic heterocycles. The fourth-order valence-electron chi connectivity index (χ4n) is 2.60. The van der Waals surface area contributed by atoms with E-state index in [2.05, 4.69) is 5.10 Å². The van der Waals surface area contributed by atoms with Crippen molar-refractivity contribution in [3.05, 3.63) is 60.3 Å². The van der Waals surface area contributed by atoms with Crippen molar-refractivity contribution in [3.8, 4) is 22.4 Å². The van der Waals surface area contributed by atoms with Crippen LogP contribution in [0.3, 0.4) is 0 Å². The van der Waals surface area contributed by atoms with Crippen LogP contribution in [0, 0.1) is 6.92 Å². The minimum absolute atomic E-state index is 0.00287. The number of nitrogens with two attached hydrogens (primary N) is 1. The molecule has 1 heterocycles. The number of carboxylic acids is 1. The number of nitrogens with zero attached hydrogens (tertiary/aromatic N) is 2. The molecule has 26 heavy (non-hydrogen) atoms. The molecule has 0 aliphatic heterocycles. The van der Waals surface area contributed by atoms with E-state index in [-0.39, 0.29) is 11.4 Å². The van der Waals surface area contributed by atoms with Crippen molar-refractivity contribution >= 4 is 16.0 Å². The molecule has 3 N–H and O–H groups in total. The number of aromatic nitrogens is 2. The third kappa shape index (κ3) is 3.81. The monoisotopic (exact) mass is 371 g/mol. The lowest BCUT2D eigenvalue weighted by Gasteiger charge is -2.04. The lowest BCUT2D eigenvalue weighted by atomic mass is 10.0. The Hall–Kier alpha value is -2.97. The van der Waals surface area contributed by atoms with Gasteiger partial charge < -0.3 is 5.11 Å². The third-order valence-electron chi connectivity index (χ3n) is 3.88. The van der Waals surface area contributed by atoms with Crippen LogP contribution in [0.5, 0.6) is 0 Å². The highest BCUT2D eigenvalue weighted by Crippen LogP contribution is 2.31. The molecule has 2 aromatic carbocycles. The Labute approximate surface area is 150 Å². The fraction of sp³-hybridized carbons (Fsp3) is 0.111. The number of hydrogen-bond donors (Lipinski definition) is 2. The number of hydrogen-bond acceptors (Lipinski definition) is 4. The molecule has 3 aromatic rings. The lowest BCUT2D eigenvalue weighted by Crippen LogP contribution is -2.11. The number of benzene rings is 2. The molecule has 0 amide bonds. The summed E-state index contributed by atoms with van der Waals surface area (Å²) in [7, 11) is -3.78. The van der Waals surface area contributed by atoms with Gasteiger partial charge in [0.15, 0.2) is 0 Å². The number of carbonyl (C=O) groups is 1. The van der Waals surface area contributed by atoms with Crippen molar-refractivity contribution in [2.24, 2.45) is 5.14 Å². The van der Waals surface area contributed by atoms with E-state index in [1.165, 1.54) is 16.8 Å².